The summed E-state index contributed by atoms with van der Waals surface area (Å²) in [5.74, 6) is 2.56. The maximum absolute atomic E-state index is 11.8. The molecule has 0 unspecified atom stereocenters. The number of ether oxygens (including phenoxy) is 4. The van der Waals surface area contributed by atoms with Crippen LogP contribution in [0.4, 0.5) is 4.79 Å². The first-order chi connectivity index (χ1) is 13.5. The van der Waals surface area contributed by atoms with Crippen molar-refractivity contribution >= 4 is 23.4 Å². The van der Waals surface area contributed by atoms with Gasteiger partial charge in [-0.2, -0.15) is 0 Å². The third-order valence-corrected chi connectivity index (χ3v) is 3.96. The van der Waals surface area contributed by atoms with Gasteiger partial charge in [-0.05, 0) is 66.7 Å². The zero-order chi connectivity index (χ0) is 20.4. The number of hydrazine groups is 1. The van der Waals surface area contributed by atoms with E-state index < -0.39 is 6.09 Å². The molecular weight excluding hydrogens is 382 g/mol. The molecule has 3 N–H and O–H groups in total. The molecule has 0 bridgehead atoms. The van der Waals surface area contributed by atoms with Crippen molar-refractivity contribution in [1.82, 2.24) is 16.2 Å². The number of thiocarbonyl (C=S) groups is 1. The van der Waals surface area contributed by atoms with Crippen LogP contribution in [0.15, 0.2) is 42.5 Å². The van der Waals surface area contributed by atoms with Crippen LogP contribution in [0.2, 0.25) is 0 Å². The average Bonchev–Trinajstić information content (AvgIpc) is 2.72. The number of amides is 1. The van der Waals surface area contributed by atoms with Gasteiger partial charge < -0.3 is 24.3 Å². The van der Waals surface area contributed by atoms with Gasteiger partial charge in [0.25, 0.3) is 0 Å². The Labute approximate surface area is 169 Å². The molecule has 0 aliphatic rings. The number of methoxy groups -OCH3 is 3. The molecule has 0 fully saturated rings. The smallest absolute Gasteiger partial charge is 0.431 e. The number of carbonyl (C=O) groups is 1. The predicted octanol–water partition coefficient (Wildman–Crippen LogP) is 2.42. The molecular formula is C19H23N3O5S. The van der Waals surface area contributed by atoms with Crippen molar-refractivity contribution in [2.45, 2.75) is 6.42 Å². The Bertz CT molecular complexity index is 799. The summed E-state index contributed by atoms with van der Waals surface area (Å²) < 4.78 is 20.7. The Kier molecular flexibility index (Phi) is 8.16. The van der Waals surface area contributed by atoms with E-state index in [4.69, 9.17) is 31.2 Å². The molecule has 1 amide bonds. The highest BCUT2D eigenvalue weighted by Gasteiger charge is 2.07. The normalized spacial score (nSPS) is 9.82. The van der Waals surface area contributed by atoms with Gasteiger partial charge in [0.2, 0.25) is 0 Å². The van der Waals surface area contributed by atoms with Crippen LogP contribution in [0, 0.1) is 0 Å². The molecule has 0 spiro atoms. The summed E-state index contributed by atoms with van der Waals surface area (Å²) in [6, 6.07) is 12.2. The van der Waals surface area contributed by atoms with Crippen LogP contribution in [0.1, 0.15) is 5.56 Å². The Morgan fingerprint density at radius 2 is 1.54 bits per heavy atom. The second-order valence-corrected chi connectivity index (χ2v) is 5.91. The number of rotatable bonds is 7. The van der Waals surface area contributed by atoms with Crippen LogP contribution in [0.25, 0.3) is 0 Å². The second kappa shape index (κ2) is 10.8. The standard InChI is InChI=1S/C19H23N3O5S/c1-24-14-4-6-15(7-5-14)27-19(23)22-21-18(28)20-11-10-13-12-16(25-2)8-9-17(13)26-3/h4-9,12H,10-11H2,1-3H3,(H,22,23)(H2,20,21,28). The van der Waals surface area contributed by atoms with Gasteiger partial charge in [0, 0.05) is 6.54 Å². The number of benzene rings is 2. The van der Waals surface area contributed by atoms with Crippen LogP contribution < -0.4 is 35.1 Å². The van der Waals surface area contributed by atoms with E-state index in [0.717, 1.165) is 17.1 Å². The number of hydrogen-bond acceptors (Lipinski definition) is 6. The first-order valence-electron chi connectivity index (χ1n) is 8.42. The Balaban J connectivity index is 1.73. The maximum atomic E-state index is 11.8. The molecule has 0 aromatic heterocycles. The Hall–Kier alpha value is -3.20. The molecule has 150 valence electrons. The fraction of sp³-hybridized carbons (Fsp3) is 0.263. The van der Waals surface area contributed by atoms with E-state index in [2.05, 4.69) is 16.2 Å². The fourth-order valence-electron chi connectivity index (χ4n) is 2.32. The van der Waals surface area contributed by atoms with E-state index in [-0.39, 0.29) is 5.11 Å². The lowest BCUT2D eigenvalue weighted by Gasteiger charge is -2.13. The van der Waals surface area contributed by atoms with Gasteiger partial charge in [-0.1, -0.05) is 0 Å². The molecule has 0 saturated heterocycles. The van der Waals surface area contributed by atoms with E-state index in [1.807, 2.05) is 18.2 Å². The molecule has 0 radical (unpaired) electrons. The highest BCUT2D eigenvalue weighted by Crippen LogP contribution is 2.24. The van der Waals surface area contributed by atoms with Crippen LogP contribution in [0.5, 0.6) is 23.0 Å². The molecule has 28 heavy (non-hydrogen) atoms. The van der Waals surface area contributed by atoms with Gasteiger partial charge in [0.05, 0.1) is 21.3 Å². The highest BCUT2D eigenvalue weighted by atomic mass is 32.1. The minimum atomic E-state index is -0.691. The predicted molar refractivity (Wildman–Crippen MR) is 109 cm³/mol. The largest absolute Gasteiger partial charge is 0.497 e. The molecule has 2 aromatic rings. The summed E-state index contributed by atoms with van der Waals surface area (Å²) >= 11 is 5.13. The van der Waals surface area contributed by atoms with Crippen molar-refractivity contribution in [3.8, 4) is 23.0 Å². The molecule has 0 aliphatic carbocycles. The lowest BCUT2D eigenvalue weighted by molar-refractivity contribution is 0.198. The van der Waals surface area contributed by atoms with Crippen molar-refractivity contribution < 1.29 is 23.7 Å². The first kappa shape index (κ1) is 21.1. The van der Waals surface area contributed by atoms with Gasteiger partial charge in [0.1, 0.15) is 23.0 Å². The third-order valence-electron chi connectivity index (χ3n) is 3.72. The summed E-state index contributed by atoms with van der Waals surface area (Å²) in [6.45, 7) is 0.532. The average molecular weight is 405 g/mol. The van der Waals surface area contributed by atoms with Crippen LogP contribution in [0.3, 0.4) is 0 Å². The van der Waals surface area contributed by atoms with Gasteiger partial charge in [-0.25, -0.2) is 10.2 Å². The quantitative estimate of drug-likeness (QED) is 0.478. The third kappa shape index (κ3) is 6.51. The van der Waals surface area contributed by atoms with Gasteiger partial charge in [0.15, 0.2) is 5.11 Å². The van der Waals surface area contributed by atoms with Crippen molar-refractivity contribution in [2.75, 3.05) is 27.9 Å². The van der Waals surface area contributed by atoms with Gasteiger partial charge >= 0.3 is 6.09 Å². The molecule has 2 aromatic carbocycles. The Morgan fingerprint density at radius 3 is 2.18 bits per heavy atom. The van der Waals surface area contributed by atoms with Gasteiger partial charge in [-0.15, -0.1) is 0 Å². The lowest BCUT2D eigenvalue weighted by atomic mass is 10.1. The minimum Gasteiger partial charge on any atom is -0.497 e. The van der Waals surface area contributed by atoms with E-state index in [1.165, 1.54) is 0 Å². The topological polar surface area (TPSA) is 90.1 Å². The summed E-state index contributed by atoms with van der Waals surface area (Å²) in [6.07, 6.45) is -0.0397. The number of nitrogens with one attached hydrogen (secondary N) is 3. The van der Waals surface area contributed by atoms with E-state index >= 15 is 0 Å². The van der Waals surface area contributed by atoms with Crippen molar-refractivity contribution in [1.29, 1.82) is 0 Å². The van der Waals surface area contributed by atoms with Crippen molar-refractivity contribution in [3.05, 3.63) is 48.0 Å². The zero-order valence-corrected chi connectivity index (χ0v) is 16.7. The molecule has 9 heteroatoms. The zero-order valence-electron chi connectivity index (χ0n) is 15.9. The van der Waals surface area contributed by atoms with Crippen molar-refractivity contribution in [3.63, 3.8) is 0 Å². The fourth-order valence-corrected chi connectivity index (χ4v) is 2.47. The summed E-state index contributed by atoms with van der Waals surface area (Å²) in [5, 5.41) is 3.25. The summed E-state index contributed by atoms with van der Waals surface area (Å²) in [4.78, 5) is 11.8. The summed E-state index contributed by atoms with van der Waals surface area (Å²) in [7, 11) is 4.79. The molecule has 2 rings (SSSR count). The first-order valence-corrected chi connectivity index (χ1v) is 8.83. The van der Waals surface area contributed by atoms with Gasteiger partial charge in [-0.3, -0.25) is 5.43 Å². The van der Waals surface area contributed by atoms with Crippen LogP contribution >= 0.6 is 12.2 Å². The number of hydrogen-bond donors (Lipinski definition) is 3. The molecule has 0 atom stereocenters. The van der Waals surface area contributed by atoms with E-state index in [0.29, 0.717) is 24.5 Å². The van der Waals surface area contributed by atoms with Crippen LogP contribution in [-0.2, 0) is 6.42 Å². The lowest BCUT2D eigenvalue weighted by Crippen LogP contribution is -2.48. The minimum absolute atomic E-state index is 0.258. The monoisotopic (exact) mass is 405 g/mol. The molecule has 0 heterocycles. The summed E-state index contributed by atoms with van der Waals surface area (Å²) in [5.41, 5.74) is 5.91. The maximum Gasteiger partial charge on any atom is 0.431 e. The second-order valence-electron chi connectivity index (χ2n) is 5.50. The molecule has 0 saturated carbocycles. The SMILES string of the molecule is COc1ccc(OC(=O)NNC(=S)NCCc2cc(OC)ccc2OC)cc1. The number of carbonyl (C=O) groups excluding carboxylic acids is 1. The Morgan fingerprint density at radius 1 is 0.893 bits per heavy atom. The van der Waals surface area contributed by atoms with E-state index in [1.54, 1.807) is 45.6 Å². The molecule has 0 aliphatic heterocycles. The van der Waals surface area contributed by atoms with E-state index in [9.17, 15) is 4.79 Å². The van der Waals surface area contributed by atoms with Crippen LogP contribution in [-0.4, -0.2) is 39.1 Å². The van der Waals surface area contributed by atoms with Crippen molar-refractivity contribution in [2.24, 2.45) is 0 Å². The highest BCUT2D eigenvalue weighted by molar-refractivity contribution is 7.80. The molecule has 8 nitrogen and oxygen atoms in total.